The first-order valence-electron chi connectivity index (χ1n) is 8.70. The van der Waals surface area contributed by atoms with Crippen molar-refractivity contribution in [3.8, 4) is 11.5 Å². The summed E-state index contributed by atoms with van der Waals surface area (Å²) in [4.78, 5) is 21.0. The Morgan fingerprint density at radius 1 is 0.929 bits per heavy atom. The number of carbonyl (C=O) groups excluding carboxylic acids is 1. The summed E-state index contributed by atoms with van der Waals surface area (Å²) in [5.41, 5.74) is 3.96. The van der Waals surface area contributed by atoms with E-state index >= 15 is 0 Å². The van der Waals surface area contributed by atoms with E-state index in [9.17, 15) is 4.79 Å². The Bertz CT molecular complexity index is 987. The molecule has 28 heavy (non-hydrogen) atoms. The molecule has 3 rings (SSSR count). The van der Waals surface area contributed by atoms with E-state index in [1.165, 1.54) is 25.1 Å². The zero-order valence-corrected chi connectivity index (χ0v) is 16.2. The van der Waals surface area contributed by atoms with E-state index in [4.69, 9.17) is 9.47 Å². The highest BCUT2D eigenvalue weighted by atomic mass is 16.5. The molecular formula is C21H22N4O3. The van der Waals surface area contributed by atoms with Gasteiger partial charge in [-0.25, -0.2) is 9.97 Å². The molecule has 7 heteroatoms. The van der Waals surface area contributed by atoms with Crippen LogP contribution in [0.5, 0.6) is 11.5 Å². The minimum absolute atomic E-state index is 0.198. The Morgan fingerprint density at radius 2 is 1.71 bits per heavy atom. The van der Waals surface area contributed by atoms with Crippen molar-refractivity contribution < 1.29 is 14.3 Å². The summed E-state index contributed by atoms with van der Waals surface area (Å²) in [5, 5.41) is 5.98. The Balaban J connectivity index is 1.72. The number of aryl methyl sites for hydroxylation is 2. The summed E-state index contributed by atoms with van der Waals surface area (Å²) in [6, 6.07) is 11.2. The van der Waals surface area contributed by atoms with Crippen molar-refractivity contribution in [2.75, 3.05) is 24.9 Å². The maximum atomic E-state index is 12.5. The van der Waals surface area contributed by atoms with Gasteiger partial charge in [0.1, 0.15) is 23.0 Å². The molecule has 2 aromatic carbocycles. The van der Waals surface area contributed by atoms with Crippen LogP contribution in [-0.4, -0.2) is 30.1 Å². The van der Waals surface area contributed by atoms with Crippen molar-refractivity contribution in [3.05, 3.63) is 65.6 Å². The molecule has 2 N–H and O–H groups in total. The lowest BCUT2D eigenvalue weighted by atomic mass is 10.1. The molecule has 1 heterocycles. The molecule has 0 saturated carbocycles. The molecule has 0 aliphatic rings. The highest BCUT2D eigenvalue weighted by Crippen LogP contribution is 2.29. The van der Waals surface area contributed by atoms with Gasteiger partial charge in [0, 0.05) is 11.8 Å². The third kappa shape index (κ3) is 4.37. The van der Waals surface area contributed by atoms with Crippen molar-refractivity contribution in [3.63, 3.8) is 0 Å². The fraction of sp³-hybridized carbons (Fsp3) is 0.190. The standard InChI is InChI=1S/C21H22N4O3/c1-13-5-7-16(14(2)9-13)24-20-12-22-18(11-23-20)21(26)25-17-8-6-15(27-3)10-19(17)28-4/h5-12H,1-4H3,(H,23,24)(H,25,26). The van der Waals surface area contributed by atoms with E-state index in [2.05, 4.69) is 26.7 Å². The molecule has 144 valence electrons. The number of hydrogen-bond acceptors (Lipinski definition) is 6. The first-order chi connectivity index (χ1) is 13.5. The van der Waals surface area contributed by atoms with Crippen molar-refractivity contribution in [1.29, 1.82) is 0 Å². The first-order valence-corrected chi connectivity index (χ1v) is 8.70. The third-order valence-corrected chi connectivity index (χ3v) is 4.19. The SMILES string of the molecule is COc1ccc(NC(=O)c2cnc(Nc3ccc(C)cc3C)cn2)c(OC)c1. The number of nitrogens with zero attached hydrogens (tertiary/aromatic N) is 2. The fourth-order valence-corrected chi connectivity index (χ4v) is 2.69. The Labute approximate surface area is 163 Å². The molecule has 0 aliphatic carbocycles. The number of aromatic nitrogens is 2. The largest absolute Gasteiger partial charge is 0.497 e. The quantitative estimate of drug-likeness (QED) is 0.671. The predicted molar refractivity (Wildman–Crippen MR) is 109 cm³/mol. The number of rotatable bonds is 6. The lowest BCUT2D eigenvalue weighted by Gasteiger charge is -2.12. The maximum absolute atomic E-state index is 12.5. The molecule has 0 aliphatic heterocycles. The van der Waals surface area contributed by atoms with Crippen LogP contribution in [0, 0.1) is 13.8 Å². The molecular weight excluding hydrogens is 356 g/mol. The summed E-state index contributed by atoms with van der Waals surface area (Å²) in [7, 11) is 3.09. The smallest absolute Gasteiger partial charge is 0.275 e. The summed E-state index contributed by atoms with van der Waals surface area (Å²) < 4.78 is 10.4. The van der Waals surface area contributed by atoms with Crippen molar-refractivity contribution in [2.24, 2.45) is 0 Å². The molecule has 7 nitrogen and oxygen atoms in total. The third-order valence-electron chi connectivity index (χ3n) is 4.19. The summed E-state index contributed by atoms with van der Waals surface area (Å²) in [6.45, 7) is 4.06. The molecule has 0 atom stereocenters. The van der Waals surface area contributed by atoms with Gasteiger partial charge in [-0.05, 0) is 37.6 Å². The van der Waals surface area contributed by atoms with Crippen LogP contribution < -0.4 is 20.1 Å². The van der Waals surface area contributed by atoms with Crippen LogP contribution in [0.3, 0.4) is 0 Å². The Hall–Kier alpha value is -3.61. The molecule has 0 bridgehead atoms. The number of hydrogen-bond donors (Lipinski definition) is 2. The van der Waals surface area contributed by atoms with Crippen LogP contribution in [0.4, 0.5) is 17.2 Å². The second-order valence-electron chi connectivity index (χ2n) is 6.25. The minimum Gasteiger partial charge on any atom is -0.497 e. The number of nitrogens with one attached hydrogen (secondary N) is 2. The molecule has 0 radical (unpaired) electrons. The van der Waals surface area contributed by atoms with Crippen molar-refractivity contribution in [2.45, 2.75) is 13.8 Å². The van der Waals surface area contributed by atoms with Gasteiger partial charge in [-0.1, -0.05) is 17.7 Å². The number of ether oxygens (including phenoxy) is 2. The molecule has 3 aromatic rings. The second-order valence-corrected chi connectivity index (χ2v) is 6.25. The second kappa shape index (κ2) is 8.39. The van der Waals surface area contributed by atoms with E-state index in [-0.39, 0.29) is 11.6 Å². The lowest BCUT2D eigenvalue weighted by molar-refractivity contribution is 0.102. The number of benzene rings is 2. The minimum atomic E-state index is -0.381. The van der Waals surface area contributed by atoms with Gasteiger partial charge in [0.2, 0.25) is 0 Å². The van der Waals surface area contributed by atoms with E-state index < -0.39 is 0 Å². The lowest BCUT2D eigenvalue weighted by Crippen LogP contribution is -2.15. The molecule has 0 unspecified atom stereocenters. The van der Waals surface area contributed by atoms with Crippen LogP contribution in [-0.2, 0) is 0 Å². The highest BCUT2D eigenvalue weighted by molar-refractivity contribution is 6.03. The monoisotopic (exact) mass is 378 g/mol. The van der Waals surface area contributed by atoms with E-state index in [0.717, 1.165) is 11.3 Å². The molecule has 0 spiro atoms. The Morgan fingerprint density at radius 3 is 2.36 bits per heavy atom. The van der Waals surface area contributed by atoms with Crippen LogP contribution in [0.2, 0.25) is 0 Å². The predicted octanol–water partition coefficient (Wildman–Crippen LogP) is 4.11. The number of amides is 1. The summed E-state index contributed by atoms with van der Waals surface area (Å²) >= 11 is 0. The van der Waals surface area contributed by atoms with E-state index in [1.807, 2.05) is 26.0 Å². The van der Waals surface area contributed by atoms with Crippen LogP contribution in [0.1, 0.15) is 21.6 Å². The highest BCUT2D eigenvalue weighted by Gasteiger charge is 2.13. The van der Waals surface area contributed by atoms with Crippen molar-refractivity contribution in [1.82, 2.24) is 9.97 Å². The van der Waals surface area contributed by atoms with Gasteiger partial charge in [0.25, 0.3) is 5.91 Å². The zero-order valence-electron chi connectivity index (χ0n) is 16.2. The molecule has 1 aromatic heterocycles. The zero-order chi connectivity index (χ0) is 20.1. The molecule has 1 amide bonds. The van der Waals surface area contributed by atoms with E-state index in [1.54, 1.807) is 25.3 Å². The van der Waals surface area contributed by atoms with Gasteiger partial charge in [0.05, 0.1) is 32.3 Å². The Kier molecular flexibility index (Phi) is 5.74. The summed E-state index contributed by atoms with van der Waals surface area (Å²) in [6.07, 6.45) is 2.96. The van der Waals surface area contributed by atoms with Gasteiger partial charge in [-0.3, -0.25) is 4.79 Å². The summed E-state index contributed by atoms with van der Waals surface area (Å²) in [5.74, 6) is 1.31. The number of methoxy groups -OCH3 is 2. The number of anilines is 3. The van der Waals surface area contributed by atoms with Crippen molar-refractivity contribution >= 4 is 23.1 Å². The van der Waals surface area contributed by atoms with Crippen LogP contribution >= 0.6 is 0 Å². The van der Waals surface area contributed by atoms with Gasteiger partial charge in [-0.2, -0.15) is 0 Å². The first kappa shape index (κ1) is 19.2. The van der Waals surface area contributed by atoms with Crippen LogP contribution in [0.25, 0.3) is 0 Å². The maximum Gasteiger partial charge on any atom is 0.275 e. The molecule has 0 fully saturated rings. The van der Waals surface area contributed by atoms with Gasteiger partial charge in [-0.15, -0.1) is 0 Å². The molecule has 0 saturated heterocycles. The topological polar surface area (TPSA) is 85.4 Å². The average Bonchev–Trinajstić information content (AvgIpc) is 2.71. The van der Waals surface area contributed by atoms with E-state index in [0.29, 0.717) is 23.0 Å². The van der Waals surface area contributed by atoms with Gasteiger partial charge in [0.15, 0.2) is 0 Å². The van der Waals surface area contributed by atoms with Gasteiger partial charge < -0.3 is 20.1 Å². The van der Waals surface area contributed by atoms with Crippen LogP contribution in [0.15, 0.2) is 48.8 Å². The normalized spacial score (nSPS) is 10.3. The number of carbonyl (C=O) groups is 1. The average molecular weight is 378 g/mol. The van der Waals surface area contributed by atoms with Gasteiger partial charge >= 0.3 is 0 Å². The fourth-order valence-electron chi connectivity index (χ4n) is 2.69.